The topological polar surface area (TPSA) is 53.6 Å². The molecule has 1 rings (SSSR count). The Balaban J connectivity index is 2.64. The van der Waals surface area contributed by atoms with Crippen LogP contribution in [0.5, 0.6) is 0 Å². The monoisotopic (exact) mass is 330 g/mol. The van der Waals surface area contributed by atoms with E-state index in [1.807, 2.05) is 18.2 Å². The number of benzene rings is 1. The quantitative estimate of drug-likeness (QED) is 0.597. The number of alkyl halides is 3. The Labute approximate surface area is 135 Å². The molecule has 0 amide bonds. The van der Waals surface area contributed by atoms with Gasteiger partial charge in [0.15, 0.2) is 5.96 Å². The minimum absolute atomic E-state index is 0.192. The number of aliphatic imine (C=N–C) groups is 1. The largest absolute Gasteiger partial charge is 0.401 e. The SMILES string of the molecule is CCc1cccc(CC)c1NC(N)=NCCN(C)CC(F)(F)F. The molecule has 130 valence electrons. The number of hydrogen-bond donors (Lipinski definition) is 2. The number of guanidine groups is 1. The molecule has 23 heavy (non-hydrogen) atoms. The second-order valence-electron chi connectivity index (χ2n) is 5.40. The molecule has 7 heteroatoms. The standard InChI is InChI=1S/C16H25F3N4/c1-4-12-7-6-8-13(5-2)14(12)22-15(20)21-9-10-23(3)11-16(17,18)19/h6-8H,4-5,9-11H2,1-3H3,(H3,20,21,22). The smallest absolute Gasteiger partial charge is 0.370 e. The van der Waals surface area contributed by atoms with Crippen LogP contribution in [0.1, 0.15) is 25.0 Å². The van der Waals surface area contributed by atoms with Crippen molar-refractivity contribution in [1.29, 1.82) is 0 Å². The Hall–Kier alpha value is -1.76. The van der Waals surface area contributed by atoms with Crippen LogP contribution in [0.25, 0.3) is 0 Å². The zero-order valence-corrected chi connectivity index (χ0v) is 13.9. The first-order valence-electron chi connectivity index (χ1n) is 7.69. The third-order valence-electron chi connectivity index (χ3n) is 3.46. The van der Waals surface area contributed by atoms with E-state index in [0.717, 1.165) is 29.7 Å². The number of anilines is 1. The van der Waals surface area contributed by atoms with Gasteiger partial charge in [0.1, 0.15) is 0 Å². The summed E-state index contributed by atoms with van der Waals surface area (Å²) in [4.78, 5) is 5.29. The van der Waals surface area contributed by atoms with Crippen LogP contribution in [0.4, 0.5) is 18.9 Å². The van der Waals surface area contributed by atoms with Crippen molar-refractivity contribution in [2.24, 2.45) is 10.7 Å². The average molecular weight is 330 g/mol. The number of aryl methyl sites for hydroxylation is 2. The molecule has 0 radical (unpaired) electrons. The van der Waals surface area contributed by atoms with E-state index in [4.69, 9.17) is 5.73 Å². The highest BCUT2D eigenvalue weighted by molar-refractivity contribution is 5.93. The summed E-state index contributed by atoms with van der Waals surface area (Å²) in [5.74, 6) is 0.223. The van der Waals surface area contributed by atoms with Crippen molar-refractivity contribution in [2.45, 2.75) is 32.9 Å². The van der Waals surface area contributed by atoms with Gasteiger partial charge < -0.3 is 11.1 Å². The third-order valence-corrected chi connectivity index (χ3v) is 3.46. The molecular formula is C16H25F3N4. The van der Waals surface area contributed by atoms with E-state index >= 15 is 0 Å². The predicted octanol–water partition coefficient (Wildman–Crippen LogP) is 3.03. The molecule has 4 nitrogen and oxygen atoms in total. The summed E-state index contributed by atoms with van der Waals surface area (Å²) in [5.41, 5.74) is 9.08. The molecule has 0 spiro atoms. The number of nitrogens with two attached hydrogens (primary N) is 1. The van der Waals surface area contributed by atoms with Crippen molar-refractivity contribution in [3.05, 3.63) is 29.3 Å². The first-order chi connectivity index (χ1) is 10.8. The zero-order valence-electron chi connectivity index (χ0n) is 13.9. The van der Waals surface area contributed by atoms with Crippen LogP contribution in [0.2, 0.25) is 0 Å². The number of rotatable bonds is 7. The molecule has 0 saturated carbocycles. The predicted molar refractivity (Wildman–Crippen MR) is 88.9 cm³/mol. The molecule has 0 aliphatic rings. The Morgan fingerprint density at radius 3 is 2.26 bits per heavy atom. The van der Waals surface area contributed by atoms with Crippen LogP contribution in [0.3, 0.4) is 0 Å². The van der Waals surface area contributed by atoms with Gasteiger partial charge in [-0.3, -0.25) is 9.89 Å². The lowest BCUT2D eigenvalue weighted by molar-refractivity contribution is -0.142. The van der Waals surface area contributed by atoms with Crippen LogP contribution in [0.15, 0.2) is 23.2 Å². The lowest BCUT2D eigenvalue weighted by Crippen LogP contribution is -2.33. The minimum Gasteiger partial charge on any atom is -0.370 e. The molecule has 0 fully saturated rings. The molecular weight excluding hydrogens is 305 g/mol. The Morgan fingerprint density at radius 1 is 1.22 bits per heavy atom. The van der Waals surface area contributed by atoms with E-state index < -0.39 is 12.7 Å². The zero-order chi connectivity index (χ0) is 17.5. The van der Waals surface area contributed by atoms with E-state index in [1.54, 1.807) is 0 Å². The van der Waals surface area contributed by atoms with Gasteiger partial charge in [-0.05, 0) is 31.0 Å². The first-order valence-corrected chi connectivity index (χ1v) is 7.69. The molecule has 1 aromatic carbocycles. The first kappa shape index (κ1) is 19.3. The number of likely N-dealkylation sites (N-methyl/N-ethyl adjacent to an activating group) is 1. The number of hydrogen-bond acceptors (Lipinski definition) is 2. The summed E-state index contributed by atoms with van der Waals surface area (Å²) in [6.07, 6.45) is -2.48. The van der Waals surface area contributed by atoms with Gasteiger partial charge >= 0.3 is 6.18 Å². The molecule has 1 aromatic rings. The lowest BCUT2D eigenvalue weighted by atomic mass is 10.0. The van der Waals surface area contributed by atoms with E-state index in [1.165, 1.54) is 11.9 Å². The van der Waals surface area contributed by atoms with E-state index in [2.05, 4.69) is 24.2 Å². The number of nitrogens with one attached hydrogen (secondary N) is 1. The Bertz CT molecular complexity index is 504. The summed E-state index contributed by atoms with van der Waals surface area (Å²) in [6, 6.07) is 6.04. The van der Waals surface area contributed by atoms with Crippen molar-refractivity contribution >= 4 is 11.6 Å². The molecule has 0 atom stereocenters. The second kappa shape index (κ2) is 8.76. The molecule has 0 aliphatic carbocycles. The Kier molecular flexibility index (Phi) is 7.35. The fourth-order valence-electron chi connectivity index (χ4n) is 2.30. The van der Waals surface area contributed by atoms with Crippen molar-refractivity contribution in [3.8, 4) is 0 Å². The maximum absolute atomic E-state index is 12.2. The summed E-state index contributed by atoms with van der Waals surface area (Å²) in [5, 5.41) is 3.09. The van der Waals surface area contributed by atoms with Gasteiger partial charge in [-0.1, -0.05) is 32.0 Å². The van der Waals surface area contributed by atoms with Gasteiger partial charge in [0.05, 0.1) is 13.1 Å². The van der Waals surface area contributed by atoms with Crippen LogP contribution < -0.4 is 11.1 Å². The van der Waals surface area contributed by atoms with Gasteiger partial charge in [0.25, 0.3) is 0 Å². The molecule has 0 unspecified atom stereocenters. The number of para-hydroxylation sites is 1. The maximum atomic E-state index is 12.2. The highest BCUT2D eigenvalue weighted by atomic mass is 19.4. The lowest BCUT2D eigenvalue weighted by Gasteiger charge is -2.18. The molecule has 3 N–H and O–H groups in total. The molecule has 0 heterocycles. The summed E-state index contributed by atoms with van der Waals surface area (Å²) >= 11 is 0. The van der Waals surface area contributed by atoms with Crippen LogP contribution in [0, 0.1) is 0 Å². The summed E-state index contributed by atoms with van der Waals surface area (Å²) in [6.45, 7) is 3.56. The summed E-state index contributed by atoms with van der Waals surface area (Å²) in [7, 11) is 1.41. The summed E-state index contributed by atoms with van der Waals surface area (Å²) < 4.78 is 36.7. The van der Waals surface area contributed by atoms with Crippen LogP contribution in [-0.2, 0) is 12.8 Å². The van der Waals surface area contributed by atoms with Gasteiger partial charge in [-0.15, -0.1) is 0 Å². The minimum atomic E-state index is -4.20. The van der Waals surface area contributed by atoms with Crippen LogP contribution in [-0.4, -0.2) is 43.7 Å². The molecule has 0 bridgehead atoms. The number of nitrogens with zero attached hydrogens (tertiary/aromatic N) is 2. The van der Waals surface area contributed by atoms with Crippen LogP contribution >= 0.6 is 0 Å². The molecule has 0 saturated heterocycles. The average Bonchev–Trinajstić information content (AvgIpc) is 2.45. The van der Waals surface area contributed by atoms with Crippen molar-refractivity contribution in [3.63, 3.8) is 0 Å². The number of halogens is 3. The molecule has 0 aliphatic heterocycles. The van der Waals surface area contributed by atoms with Gasteiger partial charge in [-0.2, -0.15) is 13.2 Å². The van der Waals surface area contributed by atoms with Gasteiger partial charge in [0.2, 0.25) is 0 Å². The maximum Gasteiger partial charge on any atom is 0.401 e. The Morgan fingerprint density at radius 2 is 1.78 bits per heavy atom. The van der Waals surface area contributed by atoms with Gasteiger partial charge in [-0.25, -0.2) is 0 Å². The third kappa shape index (κ3) is 6.90. The highest BCUT2D eigenvalue weighted by Crippen LogP contribution is 2.22. The van der Waals surface area contributed by atoms with E-state index in [0.29, 0.717) is 0 Å². The molecule has 0 aromatic heterocycles. The van der Waals surface area contributed by atoms with Crippen molar-refractivity contribution in [2.75, 3.05) is 32.0 Å². The van der Waals surface area contributed by atoms with Crippen molar-refractivity contribution in [1.82, 2.24) is 4.90 Å². The fourth-order valence-corrected chi connectivity index (χ4v) is 2.30. The second-order valence-corrected chi connectivity index (χ2v) is 5.40. The highest BCUT2D eigenvalue weighted by Gasteiger charge is 2.28. The normalized spacial score (nSPS) is 12.7. The van der Waals surface area contributed by atoms with E-state index in [9.17, 15) is 13.2 Å². The van der Waals surface area contributed by atoms with E-state index in [-0.39, 0.29) is 19.0 Å². The fraction of sp³-hybridized carbons (Fsp3) is 0.562. The van der Waals surface area contributed by atoms with Crippen molar-refractivity contribution < 1.29 is 13.2 Å². The van der Waals surface area contributed by atoms with Gasteiger partial charge in [0, 0.05) is 12.2 Å².